The Balaban J connectivity index is 2.46. The van der Waals surface area contributed by atoms with Crippen molar-refractivity contribution in [2.75, 3.05) is 39.1 Å². The summed E-state index contributed by atoms with van der Waals surface area (Å²) in [5.41, 5.74) is -1.14. The van der Waals surface area contributed by atoms with Gasteiger partial charge in [0.25, 0.3) is 0 Å². The highest BCUT2D eigenvalue weighted by Crippen LogP contribution is 2.33. The minimum atomic E-state index is -4.44. The van der Waals surface area contributed by atoms with Crippen molar-refractivity contribution >= 4 is 11.8 Å². The molecule has 136 valence electrons. The minimum Gasteiger partial charge on any atom is -0.377 e. The van der Waals surface area contributed by atoms with Gasteiger partial charge < -0.3 is 20.7 Å². The van der Waals surface area contributed by atoms with E-state index in [1.807, 2.05) is 13.8 Å². The summed E-state index contributed by atoms with van der Waals surface area (Å²) in [6.07, 6.45) is -3.12. The molecule has 0 saturated carbocycles. The van der Waals surface area contributed by atoms with Gasteiger partial charge in [-0.15, -0.1) is 0 Å². The molecule has 6 nitrogen and oxygen atoms in total. The Kier molecular flexibility index (Phi) is 7.27. The normalized spacial score (nSPS) is 12.9. The van der Waals surface area contributed by atoms with Crippen LogP contribution < -0.4 is 16.0 Å². The van der Waals surface area contributed by atoms with Crippen LogP contribution in [0.5, 0.6) is 0 Å². The SMILES string of the molecule is CN=C(NCCNc1ncccc1C(F)(F)F)NCC(C)(C)OC. The van der Waals surface area contributed by atoms with Gasteiger partial charge in [0.1, 0.15) is 5.82 Å². The molecular weight excluding hydrogens is 323 g/mol. The lowest BCUT2D eigenvalue weighted by molar-refractivity contribution is -0.137. The molecule has 0 unspecified atom stereocenters. The molecule has 0 fully saturated rings. The van der Waals surface area contributed by atoms with E-state index in [-0.39, 0.29) is 18.0 Å². The Morgan fingerprint density at radius 3 is 2.54 bits per heavy atom. The highest BCUT2D eigenvalue weighted by atomic mass is 19.4. The van der Waals surface area contributed by atoms with E-state index in [4.69, 9.17) is 4.74 Å². The molecule has 1 aromatic heterocycles. The van der Waals surface area contributed by atoms with E-state index in [0.717, 1.165) is 6.07 Å². The van der Waals surface area contributed by atoms with Gasteiger partial charge in [-0.25, -0.2) is 4.98 Å². The van der Waals surface area contributed by atoms with Crippen LogP contribution in [0.3, 0.4) is 0 Å². The summed E-state index contributed by atoms with van der Waals surface area (Å²) in [5.74, 6) is 0.356. The molecule has 0 radical (unpaired) electrons. The van der Waals surface area contributed by atoms with Gasteiger partial charge >= 0.3 is 6.18 Å². The Hall–Kier alpha value is -2.03. The van der Waals surface area contributed by atoms with Crippen molar-refractivity contribution in [2.24, 2.45) is 4.99 Å². The summed E-state index contributed by atoms with van der Waals surface area (Å²) in [4.78, 5) is 7.78. The number of halogens is 3. The number of aromatic nitrogens is 1. The standard InChI is InChI=1S/C15H24F3N5O/c1-14(2,24-4)10-23-13(19-3)22-9-8-21-12-11(15(16,17)18)6-5-7-20-12/h5-7H,8-10H2,1-4H3,(H,20,21)(H2,19,22,23). The first-order chi connectivity index (χ1) is 11.2. The number of rotatable bonds is 7. The molecule has 24 heavy (non-hydrogen) atoms. The van der Waals surface area contributed by atoms with Crippen molar-refractivity contribution in [2.45, 2.75) is 25.6 Å². The van der Waals surface area contributed by atoms with Crippen molar-refractivity contribution in [1.82, 2.24) is 15.6 Å². The first-order valence-corrected chi connectivity index (χ1v) is 7.45. The van der Waals surface area contributed by atoms with Crippen LogP contribution in [-0.2, 0) is 10.9 Å². The monoisotopic (exact) mass is 347 g/mol. The number of methoxy groups -OCH3 is 1. The summed E-state index contributed by atoms with van der Waals surface area (Å²) in [6, 6.07) is 2.26. The largest absolute Gasteiger partial charge is 0.419 e. The van der Waals surface area contributed by atoms with Gasteiger partial charge in [-0.05, 0) is 26.0 Å². The van der Waals surface area contributed by atoms with Crippen LogP contribution in [0.2, 0.25) is 0 Å². The third kappa shape index (κ3) is 6.61. The molecule has 0 spiro atoms. The van der Waals surface area contributed by atoms with E-state index in [1.165, 1.54) is 12.3 Å². The lowest BCUT2D eigenvalue weighted by atomic mass is 10.1. The minimum absolute atomic E-state index is 0.185. The number of ether oxygens (including phenoxy) is 1. The molecule has 0 aliphatic carbocycles. The molecule has 1 aromatic rings. The molecule has 0 atom stereocenters. The van der Waals surface area contributed by atoms with Crippen molar-refractivity contribution in [3.63, 3.8) is 0 Å². The zero-order chi connectivity index (χ0) is 18.2. The van der Waals surface area contributed by atoms with E-state index >= 15 is 0 Å². The molecule has 0 aliphatic rings. The first-order valence-electron chi connectivity index (χ1n) is 7.45. The molecule has 1 heterocycles. The molecule has 3 N–H and O–H groups in total. The number of aliphatic imine (C=N–C) groups is 1. The average Bonchev–Trinajstić information content (AvgIpc) is 2.53. The Morgan fingerprint density at radius 2 is 1.96 bits per heavy atom. The zero-order valence-corrected chi connectivity index (χ0v) is 14.3. The number of nitrogens with zero attached hydrogens (tertiary/aromatic N) is 2. The number of alkyl halides is 3. The maximum Gasteiger partial charge on any atom is 0.419 e. The van der Waals surface area contributed by atoms with E-state index in [9.17, 15) is 13.2 Å². The molecule has 1 rings (SSSR count). The highest BCUT2D eigenvalue weighted by molar-refractivity contribution is 5.79. The van der Waals surface area contributed by atoms with E-state index in [2.05, 4.69) is 25.9 Å². The molecule has 0 saturated heterocycles. The summed E-state index contributed by atoms with van der Waals surface area (Å²) < 4.78 is 43.8. The van der Waals surface area contributed by atoms with Crippen LogP contribution in [0.1, 0.15) is 19.4 Å². The van der Waals surface area contributed by atoms with Gasteiger partial charge in [-0.1, -0.05) is 0 Å². The summed E-state index contributed by atoms with van der Waals surface area (Å²) >= 11 is 0. The van der Waals surface area contributed by atoms with Crippen molar-refractivity contribution in [3.05, 3.63) is 23.9 Å². The van der Waals surface area contributed by atoms with Crippen molar-refractivity contribution < 1.29 is 17.9 Å². The quantitative estimate of drug-likeness (QED) is 0.400. The van der Waals surface area contributed by atoms with Gasteiger partial charge in [0.2, 0.25) is 0 Å². The molecule has 0 aliphatic heterocycles. The van der Waals surface area contributed by atoms with Crippen molar-refractivity contribution in [1.29, 1.82) is 0 Å². The fourth-order valence-electron chi connectivity index (χ4n) is 1.73. The van der Waals surface area contributed by atoms with Gasteiger partial charge in [-0.3, -0.25) is 4.99 Å². The molecule has 0 bridgehead atoms. The summed E-state index contributed by atoms with van der Waals surface area (Å²) in [7, 11) is 3.23. The number of hydrogen-bond donors (Lipinski definition) is 3. The van der Waals surface area contributed by atoms with E-state index in [0.29, 0.717) is 19.0 Å². The molecule has 0 aromatic carbocycles. The topological polar surface area (TPSA) is 70.6 Å². The number of pyridine rings is 1. The lowest BCUT2D eigenvalue weighted by Gasteiger charge is -2.24. The predicted octanol–water partition coefficient (Wildman–Crippen LogP) is 2.10. The van der Waals surface area contributed by atoms with Crippen LogP contribution in [0, 0.1) is 0 Å². The second-order valence-electron chi connectivity index (χ2n) is 5.64. The van der Waals surface area contributed by atoms with Gasteiger partial charge in [-0.2, -0.15) is 13.2 Å². The smallest absolute Gasteiger partial charge is 0.377 e. The van der Waals surface area contributed by atoms with Crippen LogP contribution in [0.25, 0.3) is 0 Å². The van der Waals surface area contributed by atoms with Crippen LogP contribution in [0.15, 0.2) is 23.3 Å². The summed E-state index contributed by atoms with van der Waals surface area (Å²) in [5, 5.41) is 8.77. The zero-order valence-electron chi connectivity index (χ0n) is 14.3. The second-order valence-corrected chi connectivity index (χ2v) is 5.64. The third-order valence-electron chi connectivity index (χ3n) is 3.28. The molecule has 9 heteroatoms. The van der Waals surface area contributed by atoms with Crippen LogP contribution in [0.4, 0.5) is 19.0 Å². The van der Waals surface area contributed by atoms with E-state index in [1.54, 1.807) is 14.2 Å². The third-order valence-corrected chi connectivity index (χ3v) is 3.28. The maximum absolute atomic E-state index is 12.8. The Bertz CT molecular complexity index is 546. The number of nitrogens with one attached hydrogen (secondary N) is 3. The maximum atomic E-state index is 12.8. The van der Waals surface area contributed by atoms with Gasteiger partial charge in [0, 0.05) is 40.0 Å². The van der Waals surface area contributed by atoms with Crippen LogP contribution in [-0.4, -0.2) is 50.3 Å². The Labute approximate surface area is 139 Å². The number of anilines is 1. The fraction of sp³-hybridized carbons (Fsp3) is 0.600. The first kappa shape index (κ1) is 20.0. The number of guanidine groups is 1. The average molecular weight is 347 g/mol. The van der Waals surface area contributed by atoms with Crippen molar-refractivity contribution in [3.8, 4) is 0 Å². The van der Waals surface area contributed by atoms with Gasteiger partial charge in [0.15, 0.2) is 5.96 Å². The summed E-state index contributed by atoms with van der Waals surface area (Å²) in [6.45, 7) is 5.02. The molecular formula is C15H24F3N5O. The number of hydrogen-bond acceptors (Lipinski definition) is 4. The lowest BCUT2D eigenvalue weighted by Crippen LogP contribution is -2.46. The predicted molar refractivity (Wildman–Crippen MR) is 88.2 cm³/mol. The van der Waals surface area contributed by atoms with E-state index < -0.39 is 11.7 Å². The highest BCUT2D eigenvalue weighted by Gasteiger charge is 2.33. The van der Waals surface area contributed by atoms with Gasteiger partial charge in [0.05, 0.1) is 11.2 Å². The molecule has 0 amide bonds. The Morgan fingerprint density at radius 1 is 1.25 bits per heavy atom. The second kappa shape index (κ2) is 8.72. The van der Waals surface area contributed by atoms with Crippen LogP contribution >= 0.6 is 0 Å². The fourth-order valence-corrected chi connectivity index (χ4v) is 1.73.